The minimum atomic E-state index is -0.592. The van der Waals surface area contributed by atoms with E-state index in [-0.39, 0.29) is 25.4 Å². The molecule has 2 rings (SSSR count). The van der Waals surface area contributed by atoms with Gasteiger partial charge in [0.1, 0.15) is 0 Å². The Labute approximate surface area is 158 Å². The van der Waals surface area contributed by atoms with Crippen molar-refractivity contribution < 1.29 is 19.1 Å². The summed E-state index contributed by atoms with van der Waals surface area (Å²) in [6.07, 6.45) is -0.0969. The van der Waals surface area contributed by atoms with Gasteiger partial charge < -0.3 is 15.4 Å². The van der Waals surface area contributed by atoms with Gasteiger partial charge in [0.15, 0.2) is 6.61 Å². The maximum Gasteiger partial charge on any atom is 0.306 e. The maximum atomic E-state index is 12.0. The van der Waals surface area contributed by atoms with Crippen LogP contribution < -0.4 is 10.6 Å². The molecular weight excluding hydrogens is 344 g/mol. The smallest absolute Gasteiger partial charge is 0.306 e. The van der Waals surface area contributed by atoms with Crippen LogP contribution in [0, 0.1) is 20.8 Å². The minimum absolute atomic E-state index is 0.00814. The van der Waals surface area contributed by atoms with E-state index >= 15 is 0 Å². The molecule has 0 aliphatic carbocycles. The molecule has 27 heavy (non-hydrogen) atoms. The lowest BCUT2D eigenvalue weighted by Crippen LogP contribution is -2.21. The predicted octanol–water partition coefficient (Wildman–Crippen LogP) is 3.51. The quantitative estimate of drug-likeness (QED) is 0.733. The SMILES string of the molecule is Cc1ccc(NC(=O)COC(=O)CCC(=O)Nc2cc(C)ccc2C)cc1. The maximum absolute atomic E-state index is 12.0. The number of rotatable bonds is 7. The third-order valence-corrected chi connectivity index (χ3v) is 3.92. The van der Waals surface area contributed by atoms with Gasteiger partial charge in [-0.2, -0.15) is 0 Å². The third-order valence-electron chi connectivity index (χ3n) is 3.92. The van der Waals surface area contributed by atoms with E-state index in [0.29, 0.717) is 5.69 Å². The number of amides is 2. The lowest BCUT2D eigenvalue weighted by Gasteiger charge is -2.09. The van der Waals surface area contributed by atoms with Gasteiger partial charge in [-0.25, -0.2) is 0 Å². The summed E-state index contributed by atoms with van der Waals surface area (Å²) >= 11 is 0. The number of aryl methyl sites for hydroxylation is 3. The zero-order chi connectivity index (χ0) is 19.8. The molecule has 0 aromatic heterocycles. The number of anilines is 2. The molecule has 2 aromatic rings. The highest BCUT2D eigenvalue weighted by molar-refractivity contribution is 5.94. The van der Waals surface area contributed by atoms with Gasteiger partial charge in [0, 0.05) is 17.8 Å². The molecule has 2 N–H and O–H groups in total. The molecule has 0 spiro atoms. The molecular formula is C21H24N2O4. The molecule has 0 atom stereocenters. The summed E-state index contributed by atoms with van der Waals surface area (Å²) in [6.45, 7) is 5.40. The van der Waals surface area contributed by atoms with Gasteiger partial charge in [-0.15, -0.1) is 0 Å². The summed E-state index contributed by atoms with van der Waals surface area (Å²) in [4.78, 5) is 35.5. The van der Waals surface area contributed by atoms with Crippen LogP contribution in [0.15, 0.2) is 42.5 Å². The van der Waals surface area contributed by atoms with Crippen LogP contribution in [0.3, 0.4) is 0 Å². The molecule has 6 heteroatoms. The van der Waals surface area contributed by atoms with Crippen LogP contribution in [-0.4, -0.2) is 24.4 Å². The highest BCUT2D eigenvalue weighted by Crippen LogP contribution is 2.16. The zero-order valence-electron chi connectivity index (χ0n) is 15.8. The summed E-state index contributed by atoms with van der Waals surface area (Å²) < 4.78 is 4.91. The van der Waals surface area contributed by atoms with Crippen LogP contribution in [-0.2, 0) is 19.1 Å². The molecule has 0 aliphatic heterocycles. The van der Waals surface area contributed by atoms with Gasteiger partial charge >= 0.3 is 5.97 Å². The van der Waals surface area contributed by atoms with Crippen molar-refractivity contribution in [3.8, 4) is 0 Å². The second kappa shape index (κ2) is 9.52. The minimum Gasteiger partial charge on any atom is -0.456 e. The number of nitrogens with one attached hydrogen (secondary N) is 2. The fraction of sp³-hybridized carbons (Fsp3) is 0.286. The van der Waals surface area contributed by atoms with E-state index in [0.717, 1.165) is 22.4 Å². The molecule has 142 valence electrons. The van der Waals surface area contributed by atoms with Crippen molar-refractivity contribution in [2.24, 2.45) is 0 Å². The normalized spacial score (nSPS) is 10.2. The van der Waals surface area contributed by atoms with E-state index in [1.807, 2.05) is 51.1 Å². The Hall–Kier alpha value is -3.15. The van der Waals surface area contributed by atoms with Crippen LogP contribution in [0.2, 0.25) is 0 Å². The number of benzene rings is 2. The van der Waals surface area contributed by atoms with Crippen LogP contribution in [0.25, 0.3) is 0 Å². The van der Waals surface area contributed by atoms with Crippen LogP contribution >= 0.6 is 0 Å². The zero-order valence-corrected chi connectivity index (χ0v) is 15.8. The first-order valence-corrected chi connectivity index (χ1v) is 8.73. The van der Waals surface area contributed by atoms with Crippen molar-refractivity contribution in [1.29, 1.82) is 0 Å². The van der Waals surface area contributed by atoms with E-state index in [1.54, 1.807) is 12.1 Å². The summed E-state index contributed by atoms with van der Waals surface area (Å²) in [5.41, 5.74) is 4.43. The van der Waals surface area contributed by atoms with Crippen molar-refractivity contribution in [3.05, 3.63) is 59.2 Å². The van der Waals surface area contributed by atoms with Crippen molar-refractivity contribution in [2.75, 3.05) is 17.2 Å². The van der Waals surface area contributed by atoms with Gasteiger partial charge in [-0.3, -0.25) is 14.4 Å². The molecule has 0 bridgehead atoms. The van der Waals surface area contributed by atoms with Crippen LogP contribution in [0.5, 0.6) is 0 Å². The molecule has 6 nitrogen and oxygen atoms in total. The lowest BCUT2D eigenvalue weighted by molar-refractivity contribution is -0.147. The average molecular weight is 368 g/mol. The summed E-state index contributed by atoms with van der Waals surface area (Å²) in [5, 5.41) is 5.42. The fourth-order valence-corrected chi connectivity index (χ4v) is 2.35. The lowest BCUT2D eigenvalue weighted by atomic mass is 10.1. The number of hydrogen-bond donors (Lipinski definition) is 2. The average Bonchev–Trinajstić information content (AvgIpc) is 2.63. The van der Waals surface area contributed by atoms with Crippen molar-refractivity contribution in [1.82, 2.24) is 0 Å². The van der Waals surface area contributed by atoms with E-state index in [4.69, 9.17) is 4.74 Å². The molecule has 0 aliphatic rings. The van der Waals surface area contributed by atoms with Crippen molar-refractivity contribution in [2.45, 2.75) is 33.6 Å². The van der Waals surface area contributed by atoms with E-state index in [1.165, 1.54) is 0 Å². The Balaban J connectivity index is 1.70. The number of carbonyl (C=O) groups is 3. The second-order valence-electron chi connectivity index (χ2n) is 6.44. The molecule has 0 heterocycles. The van der Waals surface area contributed by atoms with E-state index in [2.05, 4.69) is 10.6 Å². The Morgan fingerprint density at radius 3 is 2.19 bits per heavy atom. The Morgan fingerprint density at radius 1 is 0.815 bits per heavy atom. The Bertz CT molecular complexity index is 829. The van der Waals surface area contributed by atoms with E-state index < -0.39 is 11.9 Å². The Kier molecular flexibility index (Phi) is 7.11. The van der Waals surface area contributed by atoms with Crippen molar-refractivity contribution in [3.63, 3.8) is 0 Å². The summed E-state index contributed by atoms with van der Waals surface area (Å²) in [6, 6.07) is 13.0. The standard InChI is InChI=1S/C21H24N2O4/c1-14-5-8-17(9-6-14)22-20(25)13-27-21(26)11-10-19(24)23-18-12-15(2)4-7-16(18)3/h4-9,12H,10-11,13H2,1-3H3,(H,22,25)(H,23,24). The van der Waals surface area contributed by atoms with Gasteiger partial charge in [0.2, 0.25) is 5.91 Å². The predicted molar refractivity (Wildman–Crippen MR) is 105 cm³/mol. The monoisotopic (exact) mass is 368 g/mol. The highest BCUT2D eigenvalue weighted by Gasteiger charge is 2.11. The fourth-order valence-electron chi connectivity index (χ4n) is 2.35. The second-order valence-corrected chi connectivity index (χ2v) is 6.44. The number of ether oxygens (including phenoxy) is 1. The van der Waals surface area contributed by atoms with Crippen LogP contribution in [0.1, 0.15) is 29.5 Å². The van der Waals surface area contributed by atoms with Gasteiger partial charge in [-0.1, -0.05) is 29.8 Å². The molecule has 0 radical (unpaired) electrons. The number of carbonyl (C=O) groups excluding carboxylic acids is 3. The number of hydrogen-bond acceptors (Lipinski definition) is 4. The highest BCUT2D eigenvalue weighted by atomic mass is 16.5. The first kappa shape index (κ1) is 20.2. The van der Waals surface area contributed by atoms with Crippen molar-refractivity contribution >= 4 is 29.2 Å². The molecule has 0 unspecified atom stereocenters. The molecule has 0 saturated carbocycles. The third kappa shape index (κ3) is 6.93. The Morgan fingerprint density at radius 2 is 1.48 bits per heavy atom. The summed E-state index contributed by atoms with van der Waals surface area (Å²) in [5.74, 6) is -1.29. The first-order chi connectivity index (χ1) is 12.8. The molecule has 2 amide bonds. The summed E-state index contributed by atoms with van der Waals surface area (Å²) in [7, 11) is 0. The molecule has 0 saturated heterocycles. The largest absolute Gasteiger partial charge is 0.456 e. The van der Waals surface area contributed by atoms with Gasteiger partial charge in [0.25, 0.3) is 5.91 Å². The van der Waals surface area contributed by atoms with Gasteiger partial charge in [0.05, 0.1) is 6.42 Å². The van der Waals surface area contributed by atoms with Crippen LogP contribution in [0.4, 0.5) is 11.4 Å². The topological polar surface area (TPSA) is 84.5 Å². The first-order valence-electron chi connectivity index (χ1n) is 8.73. The molecule has 0 fully saturated rings. The molecule has 2 aromatic carbocycles. The van der Waals surface area contributed by atoms with Gasteiger partial charge in [-0.05, 0) is 50.1 Å². The van der Waals surface area contributed by atoms with E-state index in [9.17, 15) is 14.4 Å². The number of esters is 1.